The quantitative estimate of drug-likeness (QED) is 0.430. The summed E-state index contributed by atoms with van der Waals surface area (Å²) in [6.07, 6.45) is 2.01. The Morgan fingerprint density at radius 1 is 1.27 bits per heavy atom. The van der Waals surface area contributed by atoms with Crippen molar-refractivity contribution in [2.45, 2.75) is 44.0 Å². The zero-order chi connectivity index (χ0) is 16.4. The molecule has 22 heavy (non-hydrogen) atoms. The molecular weight excluding hydrogens is 298 g/mol. The zero-order valence-corrected chi connectivity index (χ0v) is 14.3. The number of hydrogen-bond acceptors (Lipinski definition) is 4. The topological polar surface area (TPSA) is 55.4 Å². The van der Waals surface area contributed by atoms with E-state index in [1.165, 1.54) is 12.0 Å². The lowest BCUT2D eigenvalue weighted by Crippen LogP contribution is -2.45. The van der Waals surface area contributed by atoms with Gasteiger partial charge in [-0.05, 0) is 30.2 Å². The second-order valence-corrected chi connectivity index (χ2v) is 6.39. The van der Waals surface area contributed by atoms with Gasteiger partial charge < -0.3 is 10.1 Å². The van der Waals surface area contributed by atoms with Crippen LogP contribution >= 0.6 is 11.8 Å². The van der Waals surface area contributed by atoms with Crippen molar-refractivity contribution in [1.82, 2.24) is 5.32 Å². The Hall–Kier alpha value is -1.49. The van der Waals surface area contributed by atoms with Crippen LogP contribution in [0.15, 0.2) is 35.2 Å². The Labute approximate surface area is 137 Å². The number of thioether (sulfide) groups is 1. The third-order valence-corrected chi connectivity index (χ3v) is 4.64. The first-order valence-electron chi connectivity index (χ1n) is 7.63. The van der Waals surface area contributed by atoms with Crippen molar-refractivity contribution in [2.75, 3.05) is 12.9 Å². The van der Waals surface area contributed by atoms with Gasteiger partial charge in [0.05, 0.1) is 7.11 Å². The number of hydrogen-bond donors (Lipinski definition) is 1. The molecule has 1 aromatic carbocycles. The standard InChI is InChI=1S/C17H25NO3S/c1-4-13(2)16(17(20)21-3)18-15(19)11-8-12-22-14-9-6-5-7-10-14/h5-7,9-10,13,16H,4,8,11-12H2,1-3H3,(H,18,19). The van der Waals surface area contributed by atoms with Crippen LogP contribution < -0.4 is 5.32 Å². The molecule has 2 unspecified atom stereocenters. The van der Waals surface area contributed by atoms with Crippen LogP contribution in [-0.4, -0.2) is 30.8 Å². The Bertz CT molecular complexity index is 464. The van der Waals surface area contributed by atoms with E-state index in [2.05, 4.69) is 17.4 Å². The van der Waals surface area contributed by atoms with Crippen molar-refractivity contribution in [3.8, 4) is 0 Å². The lowest BCUT2D eigenvalue weighted by molar-refractivity contribution is -0.146. The summed E-state index contributed by atoms with van der Waals surface area (Å²) in [5.41, 5.74) is 0. The molecule has 122 valence electrons. The molecule has 1 aromatic rings. The number of carbonyl (C=O) groups is 2. The van der Waals surface area contributed by atoms with E-state index in [9.17, 15) is 9.59 Å². The predicted molar refractivity (Wildman–Crippen MR) is 89.8 cm³/mol. The number of amides is 1. The van der Waals surface area contributed by atoms with E-state index in [1.807, 2.05) is 32.0 Å². The number of methoxy groups -OCH3 is 1. The van der Waals surface area contributed by atoms with Crippen LogP contribution in [0.4, 0.5) is 0 Å². The maximum absolute atomic E-state index is 12.0. The van der Waals surface area contributed by atoms with Gasteiger partial charge in [0, 0.05) is 11.3 Å². The summed E-state index contributed by atoms with van der Waals surface area (Å²) >= 11 is 1.73. The van der Waals surface area contributed by atoms with Crippen LogP contribution in [0, 0.1) is 5.92 Å². The van der Waals surface area contributed by atoms with Crippen molar-refractivity contribution in [3.63, 3.8) is 0 Å². The molecule has 0 bridgehead atoms. The molecule has 2 atom stereocenters. The fourth-order valence-electron chi connectivity index (χ4n) is 1.98. The fraction of sp³-hybridized carbons (Fsp3) is 0.529. The van der Waals surface area contributed by atoms with Crippen LogP contribution in [-0.2, 0) is 14.3 Å². The molecule has 0 saturated heterocycles. The first-order valence-corrected chi connectivity index (χ1v) is 8.62. The Morgan fingerprint density at radius 2 is 1.95 bits per heavy atom. The molecule has 1 N–H and O–H groups in total. The number of esters is 1. The number of benzene rings is 1. The summed E-state index contributed by atoms with van der Waals surface area (Å²) in [4.78, 5) is 24.9. The first kappa shape index (κ1) is 18.6. The van der Waals surface area contributed by atoms with E-state index in [0.717, 1.165) is 18.6 Å². The summed E-state index contributed by atoms with van der Waals surface area (Å²) in [6.45, 7) is 3.93. The van der Waals surface area contributed by atoms with E-state index in [-0.39, 0.29) is 17.8 Å². The van der Waals surface area contributed by atoms with Gasteiger partial charge in [0.1, 0.15) is 6.04 Å². The average molecular weight is 323 g/mol. The van der Waals surface area contributed by atoms with Gasteiger partial charge in [0.25, 0.3) is 0 Å². The van der Waals surface area contributed by atoms with Crippen molar-refractivity contribution in [1.29, 1.82) is 0 Å². The van der Waals surface area contributed by atoms with E-state index in [1.54, 1.807) is 11.8 Å². The smallest absolute Gasteiger partial charge is 0.328 e. The van der Waals surface area contributed by atoms with Crippen LogP contribution in [0.3, 0.4) is 0 Å². The number of rotatable bonds is 9. The highest BCUT2D eigenvalue weighted by molar-refractivity contribution is 7.99. The van der Waals surface area contributed by atoms with Crippen LogP contribution in [0.1, 0.15) is 33.1 Å². The molecule has 0 aliphatic heterocycles. The number of carbonyl (C=O) groups excluding carboxylic acids is 2. The van der Waals surface area contributed by atoms with E-state index in [0.29, 0.717) is 6.42 Å². The van der Waals surface area contributed by atoms with E-state index < -0.39 is 6.04 Å². The molecule has 1 rings (SSSR count). The van der Waals surface area contributed by atoms with Crippen molar-refractivity contribution < 1.29 is 14.3 Å². The Morgan fingerprint density at radius 3 is 2.55 bits per heavy atom. The Balaban J connectivity index is 2.33. The summed E-state index contributed by atoms with van der Waals surface area (Å²) in [6, 6.07) is 9.55. The third kappa shape index (κ3) is 6.52. The molecular formula is C17H25NO3S. The van der Waals surface area contributed by atoms with Crippen molar-refractivity contribution >= 4 is 23.6 Å². The number of ether oxygens (including phenoxy) is 1. The summed E-state index contributed by atoms with van der Waals surface area (Å²) in [5.74, 6) is 0.477. The highest BCUT2D eigenvalue weighted by atomic mass is 32.2. The molecule has 0 saturated carbocycles. The lowest BCUT2D eigenvalue weighted by Gasteiger charge is -2.21. The molecule has 0 aliphatic carbocycles. The average Bonchev–Trinajstić information content (AvgIpc) is 2.56. The lowest BCUT2D eigenvalue weighted by atomic mass is 9.99. The highest BCUT2D eigenvalue weighted by Gasteiger charge is 2.26. The van der Waals surface area contributed by atoms with Gasteiger partial charge in [-0.3, -0.25) is 4.79 Å². The summed E-state index contributed by atoms with van der Waals surface area (Å²) < 4.78 is 4.76. The molecule has 0 aliphatic rings. The molecule has 0 heterocycles. The van der Waals surface area contributed by atoms with E-state index in [4.69, 9.17) is 4.74 Å². The highest BCUT2D eigenvalue weighted by Crippen LogP contribution is 2.18. The molecule has 0 radical (unpaired) electrons. The molecule has 0 aromatic heterocycles. The second-order valence-electron chi connectivity index (χ2n) is 5.22. The van der Waals surface area contributed by atoms with Crippen LogP contribution in [0.25, 0.3) is 0 Å². The SMILES string of the molecule is CCC(C)C(NC(=O)CCCSc1ccccc1)C(=O)OC. The summed E-state index contributed by atoms with van der Waals surface area (Å²) in [5, 5.41) is 2.79. The first-order chi connectivity index (χ1) is 10.6. The predicted octanol–water partition coefficient (Wildman–Crippen LogP) is 3.26. The maximum Gasteiger partial charge on any atom is 0.328 e. The summed E-state index contributed by atoms with van der Waals surface area (Å²) in [7, 11) is 1.35. The van der Waals surface area contributed by atoms with Gasteiger partial charge in [-0.2, -0.15) is 0 Å². The van der Waals surface area contributed by atoms with Gasteiger partial charge in [0.15, 0.2) is 0 Å². The molecule has 4 nitrogen and oxygen atoms in total. The molecule has 0 fully saturated rings. The maximum atomic E-state index is 12.0. The van der Waals surface area contributed by atoms with Crippen molar-refractivity contribution in [2.24, 2.45) is 5.92 Å². The minimum Gasteiger partial charge on any atom is -0.467 e. The van der Waals surface area contributed by atoms with Crippen molar-refractivity contribution in [3.05, 3.63) is 30.3 Å². The van der Waals surface area contributed by atoms with Gasteiger partial charge in [0.2, 0.25) is 5.91 Å². The minimum atomic E-state index is -0.552. The normalized spacial score (nSPS) is 13.2. The minimum absolute atomic E-state index is 0.0649. The third-order valence-electron chi connectivity index (χ3n) is 3.54. The molecule has 5 heteroatoms. The van der Waals surface area contributed by atoms with Crippen LogP contribution in [0.2, 0.25) is 0 Å². The monoisotopic (exact) mass is 323 g/mol. The molecule has 1 amide bonds. The second kappa shape index (κ2) is 10.3. The number of nitrogens with one attached hydrogen (secondary N) is 1. The largest absolute Gasteiger partial charge is 0.467 e. The van der Waals surface area contributed by atoms with Crippen LogP contribution in [0.5, 0.6) is 0 Å². The van der Waals surface area contributed by atoms with Gasteiger partial charge in [-0.15, -0.1) is 11.8 Å². The van der Waals surface area contributed by atoms with Gasteiger partial charge in [-0.25, -0.2) is 4.79 Å². The zero-order valence-electron chi connectivity index (χ0n) is 13.5. The van der Waals surface area contributed by atoms with Gasteiger partial charge in [-0.1, -0.05) is 38.5 Å². The Kier molecular flexibility index (Phi) is 8.67. The molecule has 0 spiro atoms. The van der Waals surface area contributed by atoms with E-state index >= 15 is 0 Å². The van der Waals surface area contributed by atoms with Gasteiger partial charge >= 0.3 is 5.97 Å². The fourth-order valence-corrected chi connectivity index (χ4v) is 2.86.